The molecule has 34 heavy (non-hydrogen) atoms. The number of pyridine rings is 1. The fourth-order valence-corrected chi connectivity index (χ4v) is 4.55. The fourth-order valence-electron chi connectivity index (χ4n) is 3.27. The smallest absolute Gasteiger partial charge is 0.272 e. The number of carbonyl (C=O) groups excluding carboxylic acids is 1. The lowest BCUT2D eigenvalue weighted by molar-refractivity contribution is 0.0776. The number of amides is 1. The molecule has 0 saturated carbocycles. The second-order valence-corrected chi connectivity index (χ2v) is 8.75. The Bertz CT molecular complexity index is 1320. The van der Waals surface area contributed by atoms with Crippen molar-refractivity contribution in [3.05, 3.63) is 106 Å². The third-order valence-corrected chi connectivity index (χ3v) is 6.35. The zero-order chi connectivity index (χ0) is 24.2. The normalized spacial score (nSPS) is 11.0. The van der Waals surface area contributed by atoms with Gasteiger partial charge in [-0.3, -0.25) is 14.3 Å². The fraction of sp³-hybridized carbons (Fsp3) is 0.125. The Morgan fingerprint density at radius 3 is 2.44 bits per heavy atom. The number of imidazole rings is 1. The maximum atomic E-state index is 13.7. The first-order valence-corrected chi connectivity index (χ1v) is 11.4. The molecule has 0 aliphatic carbocycles. The van der Waals surface area contributed by atoms with E-state index in [1.165, 1.54) is 47.1 Å². The first-order chi connectivity index (χ1) is 16.3. The van der Waals surface area contributed by atoms with Crippen molar-refractivity contribution < 1.29 is 18.0 Å². The highest BCUT2D eigenvalue weighted by atomic mass is 35.5. The minimum atomic E-state index is -1.03. The van der Waals surface area contributed by atoms with Gasteiger partial charge in [-0.05, 0) is 59.7 Å². The van der Waals surface area contributed by atoms with E-state index in [1.807, 2.05) is 12.1 Å². The van der Waals surface area contributed by atoms with Crippen molar-refractivity contribution >= 4 is 29.3 Å². The van der Waals surface area contributed by atoms with Crippen LogP contribution < -0.4 is 0 Å². The van der Waals surface area contributed by atoms with Crippen molar-refractivity contribution in [1.29, 1.82) is 0 Å². The number of carbonyl (C=O) groups is 1. The summed E-state index contributed by atoms with van der Waals surface area (Å²) in [4.78, 5) is 23.2. The van der Waals surface area contributed by atoms with E-state index >= 15 is 0 Å². The van der Waals surface area contributed by atoms with E-state index in [-0.39, 0.29) is 22.4 Å². The van der Waals surface area contributed by atoms with Crippen LogP contribution in [0.2, 0.25) is 5.02 Å². The second-order valence-electron chi connectivity index (χ2n) is 7.40. The van der Waals surface area contributed by atoms with Gasteiger partial charge >= 0.3 is 0 Å². The summed E-state index contributed by atoms with van der Waals surface area (Å²) in [6.45, 7) is 0.350. The summed E-state index contributed by atoms with van der Waals surface area (Å²) in [5, 5.41) is 0.493. The monoisotopic (exact) mass is 502 g/mol. The Morgan fingerprint density at radius 1 is 1.06 bits per heavy atom. The van der Waals surface area contributed by atoms with E-state index in [0.717, 1.165) is 17.7 Å². The maximum Gasteiger partial charge on any atom is 0.272 e. The molecule has 0 radical (unpaired) electrons. The van der Waals surface area contributed by atoms with Crippen molar-refractivity contribution in [2.24, 2.45) is 0 Å². The van der Waals surface area contributed by atoms with Gasteiger partial charge in [-0.15, -0.1) is 0 Å². The van der Waals surface area contributed by atoms with Crippen LogP contribution in [-0.2, 0) is 12.3 Å². The Morgan fingerprint density at radius 2 is 1.74 bits per heavy atom. The molecule has 0 aliphatic heterocycles. The molecule has 0 atom stereocenters. The molecule has 0 aliphatic rings. The summed E-state index contributed by atoms with van der Waals surface area (Å²) in [6, 6.07) is 11.2. The highest BCUT2D eigenvalue weighted by molar-refractivity contribution is 7.98. The van der Waals surface area contributed by atoms with Gasteiger partial charge in [0, 0.05) is 42.4 Å². The molecule has 2 heterocycles. The largest absolute Gasteiger partial charge is 0.336 e. The van der Waals surface area contributed by atoms with Crippen molar-refractivity contribution in [2.75, 3.05) is 7.05 Å². The van der Waals surface area contributed by atoms with Crippen LogP contribution in [0, 0.1) is 17.5 Å². The third kappa shape index (κ3) is 5.26. The van der Waals surface area contributed by atoms with E-state index in [2.05, 4.69) is 9.97 Å². The van der Waals surface area contributed by atoms with Crippen molar-refractivity contribution in [3.63, 3.8) is 0 Å². The van der Waals surface area contributed by atoms with Gasteiger partial charge in [0.1, 0.15) is 11.5 Å². The summed E-state index contributed by atoms with van der Waals surface area (Å²) in [6.07, 6.45) is 4.73. The molecule has 2 aromatic heterocycles. The molecule has 0 spiro atoms. The SMILES string of the molecule is CN(Cc1ccncc1)C(=O)c1cnc(SCc2cc(F)c(F)cc2Cl)n1-c1ccc(F)cc1. The van der Waals surface area contributed by atoms with Crippen LogP contribution in [0.15, 0.2) is 72.3 Å². The second kappa shape index (κ2) is 10.3. The van der Waals surface area contributed by atoms with Crippen LogP contribution in [0.5, 0.6) is 0 Å². The number of thioether (sulfide) groups is 1. The molecule has 0 bridgehead atoms. The molecule has 2 aromatic carbocycles. The zero-order valence-corrected chi connectivity index (χ0v) is 19.5. The van der Waals surface area contributed by atoms with E-state index < -0.39 is 17.5 Å². The standard InChI is InChI=1S/C24H18ClF3N4OS/c1-31(13-15-6-8-29-9-7-15)23(33)22-12-30-24(32(22)18-4-2-17(26)3-5-18)34-14-16-10-20(27)21(28)11-19(16)25/h2-12H,13-14H2,1H3. The summed E-state index contributed by atoms with van der Waals surface area (Å²) < 4.78 is 42.2. The molecule has 4 aromatic rings. The summed E-state index contributed by atoms with van der Waals surface area (Å²) in [7, 11) is 1.67. The Labute approximate surface area is 203 Å². The topological polar surface area (TPSA) is 51.0 Å². The zero-order valence-electron chi connectivity index (χ0n) is 17.9. The van der Waals surface area contributed by atoms with Crippen LogP contribution in [-0.4, -0.2) is 32.4 Å². The Hall–Kier alpha value is -3.30. The van der Waals surface area contributed by atoms with Crippen molar-refractivity contribution in [3.8, 4) is 5.69 Å². The van der Waals surface area contributed by atoms with Crippen molar-refractivity contribution in [1.82, 2.24) is 19.4 Å². The molecule has 10 heteroatoms. The average molecular weight is 503 g/mol. The molecule has 0 saturated heterocycles. The van der Waals surface area contributed by atoms with Gasteiger partial charge < -0.3 is 4.90 Å². The van der Waals surface area contributed by atoms with Crippen LogP contribution in [0.4, 0.5) is 13.2 Å². The molecule has 1 amide bonds. The Kier molecular flexibility index (Phi) is 7.23. The van der Waals surface area contributed by atoms with E-state index in [0.29, 0.717) is 23.0 Å². The minimum Gasteiger partial charge on any atom is -0.336 e. The van der Waals surface area contributed by atoms with Gasteiger partial charge in [0.2, 0.25) is 0 Å². The van der Waals surface area contributed by atoms with E-state index in [9.17, 15) is 18.0 Å². The molecule has 0 fully saturated rings. The number of aromatic nitrogens is 3. The van der Waals surface area contributed by atoms with E-state index in [4.69, 9.17) is 11.6 Å². The molecule has 0 unspecified atom stereocenters. The van der Waals surface area contributed by atoms with Crippen LogP contribution >= 0.6 is 23.4 Å². The van der Waals surface area contributed by atoms with Gasteiger partial charge in [-0.1, -0.05) is 23.4 Å². The lowest BCUT2D eigenvalue weighted by Gasteiger charge is -2.19. The number of nitrogens with zero attached hydrogens (tertiary/aromatic N) is 4. The molecular weight excluding hydrogens is 485 g/mol. The highest BCUT2D eigenvalue weighted by Gasteiger charge is 2.22. The summed E-state index contributed by atoms with van der Waals surface area (Å²) in [5.74, 6) is -2.58. The van der Waals surface area contributed by atoms with E-state index in [1.54, 1.807) is 24.0 Å². The number of hydrogen-bond acceptors (Lipinski definition) is 4. The van der Waals surface area contributed by atoms with Gasteiger partial charge in [0.15, 0.2) is 16.8 Å². The third-order valence-electron chi connectivity index (χ3n) is 5.00. The van der Waals surface area contributed by atoms with Gasteiger partial charge in [0.25, 0.3) is 5.91 Å². The quantitative estimate of drug-likeness (QED) is 0.233. The number of rotatable bonds is 7. The van der Waals surface area contributed by atoms with Crippen LogP contribution in [0.3, 0.4) is 0 Å². The molecule has 0 N–H and O–H groups in total. The van der Waals surface area contributed by atoms with Crippen LogP contribution in [0.25, 0.3) is 5.69 Å². The maximum absolute atomic E-state index is 13.7. The highest BCUT2D eigenvalue weighted by Crippen LogP contribution is 2.30. The number of benzene rings is 2. The molecule has 4 rings (SSSR count). The van der Waals surface area contributed by atoms with Crippen LogP contribution in [0.1, 0.15) is 21.6 Å². The predicted octanol–water partition coefficient (Wildman–Crippen LogP) is 5.90. The molecule has 5 nitrogen and oxygen atoms in total. The minimum absolute atomic E-state index is 0.0830. The summed E-state index contributed by atoms with van der Waals surface area (Å²) >= 11 is 7.25. The first kappa shape index (κ1) is 23.8. The first-order valence-electron chi connectivity index (χ1n) is 10.1. The lowest BCUT2D eigenvalue weighted by atomic mass is 10.2. The average Bonchev–Trinajstić information content (AvgIpc) is 3.25. The summed E-state index contributed by atoms with van der Waals surface area (Å²) in [5.41, 5.74) is 2.07. The Balaban J connectivity index is 1.65. The molecular formula is C24H18ClF3N4OS. The number of hydrogen-bond donors (Lipinski definition) is 0. The van der Waals surface area contributed by atoms with Gasteiger partial charge in [-0.25, -0.2) is 18.2 Å². The van der Waals surface area contributed by atoms with Gasteiger partial charge in [0.05, 0.1) is 6.20 Å². The number of halogens is 4. The predicted molar refractivity (Wildman–Crippen MR) is 124 cm³/mol. The van der Waals surface area contributed by atoms with Gasteiger partial charge in [-0.2, -0.15) is 0 Å². The van der Waals surface area contributed by atoms with Crippen molar-refractivity contribution in [2.45, 2.75) is 17.5 Å². The lowest BCUT2D eigenvalue weighted by Crippen LogP contribution is -2.28. The molecule has 174 valence electrons.